The summed E-state index contributed by atoms with van der Waals surface area (Å²) in [4.78, 5) is 18.8. The zero-order valence-corrected chi connectivity index (χ0v) is 20.4. The van der Waals surface area contributed by atoms with Crippen LogP contribution in [0.5, 0.6) is 0 Å². The van der Waals surface area contributed by atoms with Gasteiger partial charge in [-0.3, -0.25) is 4.79 Å². The van der Waals surface area contributed by atoms with Gasteiger partial charge in [0, 0.05) is 29.7 Å². The summed E-state index contributed by atoms with van der Waals surface area (Å²) in [6.07, 6.45) is 1.55. The summed E-state index contributed by atoms with van der Waals surface area (Å²) in [5.41, 5.74) is 4.36. The zero-order valence-electron chi connectivity index (χ0n) is 19.7. The number of halogens is 1. The molecule has 33 heavy (non-hydrogen) atoms. The molecule has 0 radical (unpaired) electrons. The van der Waals surface area contributed by atoms with Gasteiger partial charge in [-0.2, -0.15) is 0 Å². The topological polar surface area (TPSA) is 53.4 Å². The molecule has 1 aromatic heterocycles. The van der Waals surface area contributed by atoms with E-state index in [1.165, 1.54) is 5.56 Å². The number of aliphatic carboxylic acids is 1. The molecule has 174 valence electrons. The van der Waals surface area contributed by atoms with Crippen molar-refractivity contribution in [2.45, 2.75) is 52.5 Å². The fraction of sp³-hybridized carbons (Fsp3) is 0.357. The summed E-state index contributed by atoms with van der Waals surface area (Å²) in [5.74, 6) is 0.443. The number of anilines is 1. The largest absolute Gasteiger partial charge is 0.481 e. The van der Waals surface area contributed by atoms with Crippen molar-refractivity contribution in [2.75, 3.05) is 11.4 Å². The van der Waals surface area contributed by atoms with E-state index in [2.05, 4.69) is 55.1 Å². The number of carbonyl (C=O) groups is 1. The first-order valence-electron chi connectivity index (χ1n) is 11.6. The summed E-state index contributed by atoms with van der Waals surface area (Å²) in [6.45, 7) is 8.05. The zero-order chi connectivity index (χ0) is 23.8. The van der Waals surface area contributed by atoms with Crippen molar-refractivity contribution in [3.8, 4) is 0 Å². The predicted octanol–water partition coefficient (Wildman–Crippen LogP) is 6.96. The lowest BCUT2D eigenvalue weighted by Crippen LogP contribution is -2.28. The number of nitrogens with zero attached hydrogens (tertiary/aromatic N) is 2. The van der Waals surface area contributed by atoms with E-state index in [0.717, 1.165) is 48.6 Å². The Bertz CT molecular complexity index is 1040. The van der Waals surface area contributed by atoms with E-state index < -0.39 is 5.97 Å². The highest BCUT2D eigenvalue weighted by atomic mass is 35.5. The maximum atomic E-state index is 11.5. The summed E-state index contributed by atoms with van der Waals surface area (Å²) in [5, 5.41) is 10.2. The van der Waals surface area contributed by atoms with E-state index in [1.807, 2.05) is 37.3 Å². The average Bonchev–Trinajstić information content (AvgIpc) is 2.78. The smallest absolute Gasteiger partial charge is 0.304 e. The standard InChI is InChI=1S/C28H33ClN2O2/c1-4-24(17-28(32)33)26-15-23(14-21-10-12-25(29)13-11-21)16-27(30-26)31(18-20(2)3)19-22-8-6-5-7-9-22/h5-13,15-16,20,24H,4,14,17-19H2,1-3H3,(H,32,33). The van der Waals surface area contributed by atoms with E-state index in [4.69, 9.17) is 16.6 Å². The minimum Gasteiger partial charge on any atom is -0.481 e. The molecule has 3 rings (SSSR count). The van der Waals surface area contributed by atoms with Crippen molar-refractivity contribution in [1.29, 1.82) is 0 Å². The van der Waals surface area contributed by atoms with Crippen LogP contribution in [-0.4, -0.2) is 22.6 Å². The Morgan fingerprint density at radius 3 is 2.30 bits per heavy atom. The van der Waals surface area contributed by atoms with Crippen molar-refractivity contribution in [3.63, 3.8) is 0 Å². The average molecular weight is 465 g/mol. The Balaban J connectivity index is 2.02. The van der Waals surface area contributed by atoms with Crippen molar-refractivity contribution in [2.24, 2.45) is 5.92 Å². The number of aromatic nitrogens is 1. The molecule has 1 atom stereocenters. The summed E-state index contributed by atoms with van der Waals surface area (Å²) < 4.78 is 0. The van der Waals surface area contributed by atoms with E-state index in [-0.39, 0.29) is 12.3 Å². The second-order valence-electron chi connectivity index (χ2n) is 9.02. The second-order valence-corrected chi connectivity index (χ2v) is 9.46. The third-order valence-electron chi connectivity index (χ3n) is 5.67. The second kappa shape index (κ2) is 11.9. The highest BCUT2D eigenvalue weighted by Crippen LogP contribution is 2.28. The summed E-state index contributed by atoms with van der Waals surface area (Å²) in [6, 6.07) is 22.5. The third-order valence-corrected chi connectivity index (χ3v) is 5.92. The number of carboxylic acid groups (broad SMARTS) is 1. The minimum absolute atomic E-state index is 0.0796. The molecule has 0 amide bonds. The Labute approximate surface area is 202 Å². The number of benzene rings is 2. The van der Waals surface area contributed by atoms with Gasteiger partial charge in [-0.1, -0.05) is 74.8 Å². The maximum Gasteiger partial charge on any atom is 0.304 e. The van der Waals surface area contributed by atoms with Crippen LogP contribution in [0.1, 0.15) is 61.9 Å². The van der Waals surface area contributed by atoms with Crippen LogP contribution in [0.25, 0.3) is 0 Å². The molecular weight excluding hydrogens is 432 g/mol. The van der Waals surface area contributed by atoms with Crippen LogP contribution in [0.3, 0.4) is 0 Å². The molecule has 0 aliphatic carbocycles. The van der Waals surface area contributed by atoms with E-state index >= 15 is 0 Å². The lowest BCUT2D eigenvalue weighted by molar-refractivity contribution is -0.137. The van der Waals surface area contributed by atoms with Gasteiger partial charge in [-0.15, -0.1) is 0 Å². The van der Waals surface area contributed by atoms with Crippen LogP contribution >= 0.6 is 11.6 Å². The Morgan fingerprint density at radius 1 is 1.00 bits per heavy atom. The Hall–Kier alpha value is -2.85. The monoisotopic (exact) mass is 464 g/mol. The molecule has 3 aromatic rings. The Morgan fingerprint density at radius 2 is 1.70 bits per heavy atom. The van der Waals surface area contributed by atoms with Gasteiger partial charge >= 0.3 is 5.97 Å². The van der Waals surface area contributed by atoms with Crippen molar-refractivity contribution < 1.29 is 9.90 Å². The van der Waals surface area contributed by atoms with E-state index in [9.17, 15) is 9.90 Å². The molecule has 0 aliphatic heterocycles. The predicted molar refractivity (Wildman–Crippen MR) is 136 cm³/mol. The van der Waals surface area contributed by atoms with Crippen LogP contribution in [0.4, 0.5) is 5.82 Å². The van der Waals surface area contributed by atoms with Gasteiger partial charge in [-0.25, -0.2) is 4.98 Å². The fourth-order valence-electron chi connectivity index (χ4n) is 4.06. The SMILES string of the molecule is CCC(CC(=O)O)c1cc(Cc2ccc(Cl)cc2)cc(N(Cc2ccccc2)CC(C)C)n1. The van der Waals surface area contributed by atoms with Crippen LogP contribution < -0.4 is 4.90 Å². The van der Waals surface area contributed by atoms with Gasteiger partial charge in [0.25, 0.3) is 0 Å². The molecule has 0 spiro atoms. The highest BCUT2D eigenvalue weighted by molar-refractivity contribution is 6.30. The fourth-order valence-corrected chi connectivity index (χ4v) is 4.18. The van der Waals surface area contributed by atoms with Gasteiger partial charge in [0.15, 0.2) is 0 Å². The van der Waals surface area contributed by atoms with Gasteiger partial charge < -0.3 is 10.0 Å². The molecular formula is C28H33ClN2O2. The third kappa shape index (κ3) is 7.61. The van der Waals surface area contributed by atoms with Crippen LogP contribution in [-0.2, 0) is 17.8 Å². The van der Waals surface area contributed by atoms with Gasteiger partial charge in [0.05, 0.1) is 6.42 Å². The number of rotatable bonds is 11. The molecule has 0 fully saturated rings. The first kappa shape index (κ1) is 24.8. The summed E-state index contributed by atoms with van der Waals surface area (Å²) >= 11 is 6.07. The van der Waals surface area contributed by atoms with E-state index in [1.54, 1.807) is 0 Å². The number of hydrogen-bond donors (Lipinski definition) is 1. The van der Waals surface area contributed by atoms with Crippen LogP contribution in [0.15, 0.2) is 66.7 Å². The molecule has 0 bridgehead atoms. The molecule has 1 unspecified atom stereocenters. The molecule has 5 heteroatoms. The lowest BCUT2D eigenvalue weighted by atomic mass is 9.95. The van der Waals surface area contributed by atoms with Crippen molar-refractivity contribution in [3.05, 3.63) is 94.1 Å². The summed E-state index contributed by atoms with van der Waals surface area (Å²) in [7, 11) is 0. The number of hydrogen-bond acceptors (Lipinski definition) is 3. The maximum absolute atomic E-state index is 11.5. The molecule has 0 aliphatic rings. The molecule has 1 heterocycles. The number of pyridine rings is 1. The van der Waals surface area contributed by atoms with Crippen molar-refractivity contribution in [1.82, 2.24) is 4.98 Å². The first-order valence-corrected chi connectivity index (χ1v) is 12.0. The van der Waals surface area contributed by atoms with Crippen LogP contribution in [0, 0.1) is 5.92 Å². The molecule has 4 nitrogen and oxygen atoms in total. The quantitative estimate of drug-likeness (QED) is 0.333. The normalized spacial score (nSPS) is 12.0. The number of carboxylic acids is 1. The lowest BCUT2D eigenvalue weighted by Gasteiger charge is -2.28. The molecule has 0 saturated carbocycles. The first-order chi connectivity index (χ1) is 15.8. The minimum atomic E-state index is -0.795. The van der Waals surface area contributed by atoms with Crippen molar-refractivity contribution >= 4 is 23.4 Å². The molecule has 2 aromatic carbocycles. The van der Waals surface area contributed by atoms with Gasteiger partial charge in [0.2, 0.25) is 0 Å². The molecule has 0 saturated heterocycles. The molecule has 1 N–H and O–H groups in total. The van der Waals surface area contributed by atoms with Gasteiger partial charge in [-0.05, 0) is 59.7 Å². The van der Waals surface area contributed by atoms with Crippen LogP contribution in [0.2, 0.25) is 5.02 Å². The highest BCUT2D eigenvalue weighted by Gasteiger charge is 2.19. The Kier molecular flexibility index (Phi) is 8.90. The van der Waals surface area contributed by atoms with Gasteiger partial charge in [0.1, 0.15) is 5.82 Å². The van der Waals surface area contributed by atoms with E-state index in [0.29, 0.717) is 10.9 Å².